The predicted molar refractivity (Wildman–Crippen MR) is 170 cm³/mol. The maximum Gasteiger partial charge on any atom is -0.00201 e. The standard InChI is InChI=1S/C38H28/c1-5-25-17-15-23-33(27(25)6-2)37-28(7-3)29(8-4)38(35-22-14-13-21-34(35)37)36-24-26-16-9-10-18-30(26)31-19-11-12-20-32(31)36/h5-24H,1-4H2. The summed E-state index contributed by atoms with van der Waals surface area (Å²) in [7, 11) is 0. The smallest absolute Gasteiger partial charge is 0.00201 e. The van der Waals surface area contributed by atoms with Crippen molar-refractivity contribution < 1.29 is 0 Å². The van der Waals surface area contributed by atoms with Crippen LogP contribution < -0.4 is 0 Å². The molecule has 0 nitrogen and oxygen atoms in total. The van der Waals surface area contributed by atoms with Gasteiger partial charge in [0, 0.05) is 0 Å². The van der Waals surface area contributed by atoms with E-state index in [1.165, 1.54) is 43.4 Å². The average molecular weight is 485 g/mol. The third kappa shape index (κ3) is 3.46. The Bertz CT molecular complexity index is 1930. The molecule has 6 aromatic rings. The molecule has 0 spiro atoms. The lowest BCUT2D eigenvalue weighted by Crippen LogP contribution is -1.98. The highest BCUT2D eigenvalue weighted by Crippen LogP contribution is 2.47. The lowest BCUT2D eigenvalue weighted by atomic mass is 9.80. The summed E-state index contributed by atoms with van der Waals surface area (Å²) in [6.07, 6.45) is 7.77. The Kier molecular flexibility index (Phi) is 5.86. The second-order valence-electron chi connectivity index (χ2n) is 9.44. The topological polar surface area (TPSA) is 0 Å². The van der Waals surface area contributed by atoms with Gasteiger partial charge < -0.3 is 0 Å². The van der Waals surface area contributed by atoms with Crippen molar-refractivity contribution in [2.75, 3.05) is 0 Å². The zero-order valence-electron chi connectivity index (χ0n) is 21.4. The molecule has 6 aromatic carbocycles. The van der Waals surface area contributed by atoms with E-state index in [-0.39, 0.29) is 0 Å². The van der Waals surface area contributed by atoms with E-state index in [0.29, 0.717) is 0 Å². The molecule has 0 heterocycles. The van der Waals surface area contributed by atoms with Crippen molar-refractivity contribution in [2.45, 2.75) is 0 Å². The summed E-state index contributed by atoms with van der Waals surface area (Å²) in [5.41, 5.74) is 8.89. The van der Waals surface area contributed by atoms with Gasteiger partial charge in [-0.05, 0) is 82.9 Å². The van der Waals surface area contributed by atoms with Gasteiger partial charge in [0.05, 0.1) is 0 Å². The number of rotatable bonds is 6. The minimum atomic E-state index is 1.06. The first-order chi connectivity index (χ1) is 18.7. The van der Waals surface area contributed by atoms with Crippen molar-refractivity contribution in [1.29, 1.82) is 0 Å². The van der Waals surface area contributed by atoms with Crippen LogP contribution in [-0.4, -0.2) is 0 Å². The van der Waals surface area contributed by atoms with Crippen molar-refractivity contribution in [3.63, 3.8) is 0 Å². The summed E-state index contributed by atoms with van der Waals surface area (Å²) in [6.45, 7) is 16.8. The average Bonchev–Trinajstić information content (AvgIpc) is 2.98. The molecule has 0 aliphatic carbocycles. The normalized spacial score (nSPS) is 11.1. The second-order valence-corrected chi connectivity index (χ2v) is 9.44. The zero-order chi connectivity index (χ0) is 26.2. The van der Waals surface area contributed by atoms with E-state index in [1.807, 2.05) is 24.3 Å². The molecule has 0 aliphatic heterocycles. The molecule has 0 aliphatic rings. The Labute approximate surface area is 224 Å². The SMILES string of the molecule is C=Cc1cccc(-c2c(C=C)c(C=C)c(-c3cc4ccccc4c4ccccc34)c3ccccc23)c1C=C. The van der Waals surface area contributed by atoms with Crippen molar-refractivity contribution >= 4 is 56.6 Å². The molecular weight excluding hydrogens is 456 g/mol. The molecule has 0 amide bonds. The van der Waals surface area contributed by atoms with E-state index in [9.17, 15) is 0 Å². The van der Waals surface area contributed by atoms with E-state index in [2.05, 4.69) is 123 Å². The van der Waals surface area contributed by atoms with Crippen molar-refractivity contribution in [1.82, 2.24) is 0 Å². The van der Waals surface area contributed by atoms with Gasteiger partial charge in [0.2, 0.25) is 0 Å². The van der Waals surface area contributed by atoms with Crippen LogP contribution in [0.1, 0.15) is 22.3 Å². The molecule has 0 N–H and O–H groups in total. The van der Waals surface area contributed by atoms with E-state index in [0.717, 1.165) is 33.4 Å². The minimum absolute atomic E-state index is 1.06. The lowest BCUT2D eigenvalue weighted by molar-refractivity contribution is 1.56. The van der Waals surface area contributed by atoms with Crippen LogP contribution in [-0.2, 0) is 0 Å². The van der Waals surface area contributed by atoms with Crippen LogP contribution in [0.3, 0.4) is 0 Å². The van der Waals surface area contributed by atoms with Crippen LogP contribution in [0.15, 0.2) is 123 Å². The quantitative estimate of drug-likeness (QED) is 0.206. The summed E-state index contributed by atoms with van der Waals surface area (Å²) in [5, 5.41) is 7.30. The fourth-order valence-corrected chi connectivity index (χ4v) is 5.95. The molecule has 6 rings (SSSR count). The minimum Gasteiger partial charge on any atom is -0.0984 e. The van der Waals surface area contributed by atoms with Gasteiger partial charge in [-0.2, -0.15) is 0 Å². The Morgan fingerprint density at radius 2 is 0.921 bits per heavy atom. The molecule has 0 radical (unpaired) electrons. The highest BCUT2D eigenvalue weighted by molar-refractivity contribution is 6.20. The molecule has 180 valence electrons. The maximum absolute atomic E-state index is 4.30. The third-order valence-electron chi connectivity index (χ3n) is 7.57. The monoisotopic (exact) mass is 484 g/mol. The molecule has 0 saturated heterocycles. The Morgan fingerprint density at radius 3 is 1.53 bits per heavy atom. The zero-order valence-corrected chi connectivity index (χ0v) is 21.4. The second kappa shape index (κ2) is 9.50. The highest BCUT2D eigenvalue weighted by Gasteiger charge is 2.22. The molecule has 38 heavy (non-hydrogen) atoms. The first-order valence-electron chi connectivity index (χ1n) is 12.8. The van der Waals surface area contributed by atoms with Crippen LogP contribution in [0.2, 0.25) is 0 Å². The maximum atomic E-state index is 4.30. The van der Waals surface area contributed by atoms with Gasteiger partial charge in [-0.15, -0.1) is 0 Å². The van der Waals surface area contributed by atoms with Crippen LogP contribution in [0.5, 0.6) is 0 Å². The van der Waals surface area contributed by atoms with Gasteiger partial charge in [-0.25, -0.2) is 0 Å². The predicted octanol–water partition coefficient (Wildman–Crippen LogP) is 11.1. The summed E-state index contributed by atoms with van der Waals surface area (Å²) >= 11 is 0. The molecule has 0 atom stereocenters. The summed E-state index contributed by atoms with van der Waals surface area (Å²) in [5.74, 6) is 0. The number of fused-ring (bicyclic) bond motifs is 4. The third-order valence-corrected chi connectivity index (χ3v) is 7.57. The fraction of sp³-hybridized carbons (Fsp3) is 0. The molecule has 0 unspecified atom stereocenters. The highest BCUT2D eigenvalue weighted by atomic mass is 14.2. The molecule has 0 fully saturated rings. The Morgan fingerprint density at radius 1 is 0.395 bits per heavy atom. The molecular formula is C38H28. The van der Waals surface area contributed by atoms with Gasteiger partial charge in [0.15, 0.2) is 0 Å². The van der Waals surface area contributed by atoms with Gasteiger partial charge in [-0.3, -0.25) is 0 Å². The van der Waals surface area contributed by atoms with Gasteiger partial charge >= 0.3 is 0 Å². The summed E-state index contributed by atoms with van der Waals surface area (Å²) in [6, 6.07) is 34.6. The van der Waals surface area contributed by atoms with Crippen LogP contribution >= 0.6 is 0 Å². The largest absolute Gasteiger partial charge is 0.0984 e. The van der Waals surface area contributed by atoms with Crippen LogP contribution in [0.4, 0.5) is 0 Å². The van der Waals surface area contributed by atoms with Gasteiger partial charge in [0.25, 0.3) is 0 Å². The van der Waals surface area contributed by atoms with Crippen molar-refractivity contribution in [3.05, 3.63) is 146 Å². The Hall–Kier alpha value is -4.94. The summed E-state index contributed by atoms with van der Waals surface area (Å²) < 4.78 is 0. The number of hydrogen-bond donors (Lipinski definition) is 0. The summed E-state index contributed by atoms with van der Waals surface area (Å²) in [4.78, 5) is 0. The molecule has 0 heteroatoms. The van der Waals surface area contributed by atoms with Gasteiger partial charge in [0.1, 0.15) is 0 Å². The lowest BCUT2D eigenvalue weighted by Gasteiger charge is -2.23. The van der Waals surface area contributed by atoms with E-state index in [1.54, 1.807) is 0 Å². The van der Waals surface area contributed by atoms with Crippen molar-refractivity contribution in [2.24, 2.45) is 0 Å². The molecule has 0 saturated carbocycles. The van der Waals surface area contributed by atoms with E-state index < -0.39 is 0 Å². The van der Waals surface area contributed by atoms with E-state index >= 15 is 0 Å². The first-order valence-corrected chi connectivity index (χ1v) is 12.8. The molecule has 0 bridgehead atoms. The van der Waals surface area contributed by atoms with Gasteiger partial charge in [-0.1, -0.05) is 142 Å². The number of benzene rings is 6. The van der Waals surface area contributed by atoms with Crippen LogP contribution in [0, 0.1) is 0 Å². The Balaban J connectivity index is 1.84. The fourth-order valence-electron chi connectivity index (χ4n) is 5.95. The van der Waals surface area contributed by atoms with Crippen molar-refractivity contribution in [3.8, 4) is 22.3 Å². The first kappa shape index (κ1) is 23.5. The molecule has 0 aromatic heterocycles. The van der Waals surface area contributed by atoms with E-state index in [4.69, 9.17) is 0 Å². The number of hydrogen-bond acceptors (Lipinski definition) is 0. The van der Waals surface area contributed by atoms with Crippen LogP contribution in [0.25, 0.3) is 78.9 Å².